The van der Waals surface area contributed by atoms with Crippen LogP contribution in [0.1, 0.15) is 26.3 Å². The molecule has 116 valence electrons. The lowest BCUT2D eigenvalue weighted by Gasteiger charge is -2.23. The van der Waals surface area contributed by atoms with Gasteiger partial charge in [-0.15, -0.1) is 0 Å². The van der Waals surface area contributed by atoms with Crippen LogP contribution in [-0.4, -0.2) is 12.5 Å². The van der Waals surface area contributed by atoms with E-state index in [0.29, 0.717) is 0 Å². The average molecular weight is 300 g/mol. The van der Waals surface area contributed by atoms with Crippen molar-refractivity contribution in [1.29, 1.82) is 0 Å². The van der Waals surface area contributed by atoms with E-state index in [1.165, 1.54) is 12.1 Å². The fourth-order valence-electron chi connectivity index (χ4n) is 2.22. The summed E-state index contributed by atoms with van der Waals surface area (Å²) < 4.78 is 13.5. The van der Waals surface area contributed by atoms with Crippen molar-refractivity contribution in [3.63, 3.8) is 0 Å². The van der Waals surface area contributed by atoms with Crippen molar-refractivity contribution in [3.8, 4) is 0 Å². The molecule has 0 spiro atoms. The monoisotopic (exact) mass is 300 g/mol. The highest BCUT2D eigenvalue weighted by atomic mass is 19.1. The van der Waals surface area contributed by atoms with Crippen LogP contribution in [0.4, 0.5) is 15.8 Å². The molecule has 0 atom stereocenters. The lowest BCUT2D eigenvalue weighted by molar-refractivity contribution is -0.114. The predicted octanol–water partition coefficient (Wildman–Crippen LogP) is 4.17. The van der Waals surface area contributed by atoms with E-state index in [9.17, 15) is 9.18 Å². The molecular weight excluding hydrogens is 279 g/mol. The van der Waals surface area contributed by atoms with E-state index in [1.807, 2.05) is 24.3 Å². The Hall–Kier alpha value is -2.36. The predicted molar refractivity (Wildman–Crippen MR) is 88.7 cm³/mol. The first-order valence-corrected chi connectivity index (χ1v) is 7.25. The molecule has 0 fully saturated rings. The summed E-state index contributed by atoms with van der Waals surface area (Å²) in [5.41, 5.74) is 2.22. The molecule has 2 N–H and O–H groups in total. The molecule has 2 aromatic carbocycles. The van der Waals surface area contributed by atoms with Crippen LogP contribution < -0.4 is 10.6 Å². The van der Waals surface area contributed by atoms with E-state index in [-0.39, 0.29) is 23.6 Å². The first-order chi connectivity index (χ1) is 10.4. The molecule has 1 amide bonds. The largest absolute Gasteiger partial charge is 0.376 e. The second-order valence-electron chi connectivity index (χ2n) is 6.18. The van der Waals surface area contributed by atoms with Crippen molar-refractivity contribution >= 4 is 17.3 Å². The highest BCUT2D eigenvalue weighted by Crippen LogP contribution is 2.29. The number of halogens is 1. The number of benzene rings is 2. The Morgan fingerprint density at radius 3 is 2.23 bits per heavy atom. The summed E-state index contributed by atoms with van der Waals surface area (Å²) in [5.74, 6) is -0.722. The van der Waals surface area contributed by atoms with Gasteiger partial charge in [0.05, 0.1) is 12.2 Å². The molecule has 0 saturated carbocycles. The van der Waals surface area contributed by atoms with Crippen molar-refractivity contribution in [2.24, 2.45) is 0 Å². The lowest BCUT2D eigenvalue weighted by atomic mass is 9.86. The first-order valence-electron chi connectivity index (χ1n) is 7.25. The average Bonchev–Trinajstić information content (AvgIpc) is 2.47. The maximum Gasteiger partial charge on any atom is 0.243 e. The normalized spacial score (nSPS) is 11.1. The minimum atomic E-state index is -0.439. The fraction of sp³-hybridized carbons (Fsp3) is 0.278. The maximum atomic E-state index is 13.5. The molecule has 2 rings (SSSR count). The molecule has 0 aliphatic heterocycles. The second-order valence-corrected chi connectivity index (χ2v) is 6.18. The molecular formula is C18H21FN2O. The van der Waals surface area contributed by atoms with Crippen molar-refractivity contribution in [1.82, 2.24) is 0 Å². The van der Waals surface area contributed by atoms with Crippen LogP contribution in [0, 0.1) is 5.82 Å². The smallest absolute Gasteiger partial charge is 0.243 e. The third-order valence-electron chi connectivity index (χ3n) is 3.32. The number of nitrogens with one attached hydrogen (secondary N) is 2. The third-order valence-corrected chi connectivity index (χ3v) is 3.32. The summed E-state index contributed by atoms with van der Waals surface area (Å²) in [5, 5.41) is 5.69. The van der Waals surface area contributed by atoms with Crippen LogP contribution in [-0.2, 0) is 10.2 Å². The van der Waals surface area contributed by atoms with Crippen LogP contribution in [0.3, 0.4) is 0 Å². The lowest BCUT2D eigenvalue weighted by Crippen LogP contribution is -2.24. The van der Waals surface area contributed by atoms with Crippen LogP contribution >= 0.6 is 0 Å². The Morgan fingerprint density at radius 2 is 1.59 bits per heavy atom. The molecule has 0 heterocycles. The van der Waals surface area contributed by atoms with Gasteiger partial charge in [-0.25, -0.2) is 4.39 Å². The van der Waals surface area contributed by atoms with Crippen molar-refractivity contribution in [2.75, 3.05) is 17.2 Å². The number of rotatable bonds is 4. The molecule has 2 aromatic rings. The Labute approximate surface area is 130 Å². The van der Waals surface area contributed by atoms with Crippen molar-refractivity contribution in [2.45, 2.75) is 26.2 Å². The van der Waals surface area contributed by atoms with Gasteiger partial charge in [-0.05, 0) is 29.2 Å². The van der Waals surface area contributed by atoms with E-state index in [1.54, 1.807) is 12.1 Å². The van der Waals surface area contributed by atoms with Gasteiger partial charge in [0, 0.05) is 5.69 Å². The Bertz CT molecular complexity index is 662. The molecule has 0 radical (unpaired) electrons. The molecule has 0 unspecified atom stereocenters. The molecule has 0 aliphatic rings. The van der Waals surface area contributed by atoms with Gasteiger partial charge in [0.15, 0.2) is 0 Å². The summed E-state index contributed by atoms with van der Waals surface area (Å²) in [7, 11) is 0. The number of carbonyl (C=O) groups excluding carboxylic acids is 1. The minimum absolute atomic E-state index is 0.0222. The summed E-state index contributed by atoms with van der Waals surface area (Å²) >= 11 is 0. The van der Waals surface area contributed by atoms with Crippen LogP contribution in [0.2, 0.25) is 0 Å². The zero-order chi connectivity index (χ0) is 16.2. The van der Waals surface area contributed by atoms with E-state index in [0.717, 1.165) is 11.3 Å². The topological polar surface area (TPSA) is 41.1 Å². The molecule has 3 nitrogen and oxygen atoms in total. The van der Waals surface area contributed by atoms with E-state index in [2.05, 4.69) is 31.4 Å². The molecule has 0 saturated heterocycles. The summed E-state index contributed by atoms with van der Waals surface area (Å²) in [6.45, 7) is 6.44. The SMILES string of the molecule is CC(C)(C)c1ccccc1NCC(=O)Nc1ccccc1F. The number of hydrogen-bond donors (Lipinski definition) is 2. The van der Waals surface area contributed by atoms with Crippen LogP contribution in [0.25, 0.3) is 0 Å². The molecule has 22 heavy (non-hydrogen) atoms. The van der Waals surface area contributed by atoms with Gasteiger partial charge in [0.1, 0.15) is 5.82 Å². The van der Waals surface area contributed by atoms with Gasteiger partial charge < -0.3 is 10.6 Å². The summed E-state index contributed by atoms with van der Waals surface area (Å²) in [4.78, 5) is 12.0. The molecule has 4 heteroatoms. The molecule has 0 bridgehead atoms. The van der Waals surface area contributed by atoms with Gasteiger partial charge in [-0.3, -0.25) is 4.79 Å². The Balaban J connectivity index is 2.02. The van der Waals surface area contributed by atoms with Gasteiger partial charge in [-0.2, -0.15) is 0 Å². The summed E-state index contributed by atoms with van der Waals surface area (Å²) in [6, 6.07) is 14.0. The molecule has 0 aliphatic carbocycles. The molecule has 0 aromatic heterocycles. The zero-order valence-corrected chi connectivity index (χ0v) is 13.1. The number of carbonyl (C=O) groups is 1. The number of para-hydroxylation sites is 2. The minimum Gasteiger partial charge on any atom is -0.376 e. The second kappa shape index (κ2) is 6.60. The van der Waals surface area contributed by atoms with Gasteiger partial charge in [0.25, 0.3) is 0 Å². The number of amides is 1. The van der Waals surface area contributed by atoms with Gasteiger partial charge in [0.2, 0.25) is 5.91 Å². The Morgan fingerprint density at radius 1 is 1.00 bits per heavy atom. The zero-order valence-electron chi connectivity index (χ0n) is 13.1. The quantitative estimate of drug-likeness (QED) is 0.889. The van der Waals surface area contributed by atoms with Gasteiger partial charge >= 0.3 is 0 Å². The van der Waals surface area contributed by atoms with Crippen LogP contribution in [0.15, 0.2) is 48.5 Å². The Kier molecular flexibility index (Phi) is 4.81. The van der Waals surface area contributed by atoms with Crippen molar-refractivity contribution < 1.29 is 9.18 Å². The highest BCUT2D eigenvalue weighted by molar-refractivity contribution is 5.93. The van der Waals surface area contributed by atoms with Crippen LogP contribution in [0.5, 0.6) is 0 Å². The summed E-state index contributed by atoms with van der Waals surface area (Å²) in [6.07, 6.45) is 0. The number of anilines is 2. The van der Waals surface area contributed by atoms with E-state index in [4.69, 9.17) is 0 Å². The standard InChI is InChI=1S/C18H21FN2O/c1-18(2,3)13-8-4-6-10-15(13)20-12-17(22)21-16-11-7-5-9-14(16)19/h4-11,20H,12H2,1-3H3,(H,21,22). The van der Waals surface area contributed by atoms with E-state index >= 15 is 0 Å². The van der Waals surface area contributed by atoms with Gasteiger partial charge in [-0.1, -0.05) is 51.1 Å². The maximum absolute atomic E-state index is 13.5. The van der Waals surface area contributed by atoms with Crippen molar-refractivity contribution in [3.05, 3.63) is 59.9 Å². The van der Waals surface area contributed by atoms with E-state index < -0.39 is 5.82 Å². The third kappa shape index (κ3) is 4.07. The first kappa shape index (κ1) is 16.0. The fourth-order valence-corrected chi connectivity index (χ4v) is 2.22. The highest BCUT2D eigenvalue weighted by Gasteiger charge is 2.17. The number of hydrogen-bond acceptors (Lipinski definition) is 2.